The van der Waals surface area contributed by atoms with E-state index in [-0.39, 0.29) is 11.7 Å². The van der Waals surface area contributed by atoms with Gasteiger partial charge in [-0.2, -0.15) is 4.68 Å². The molecule has 0 saturated carbocycles. The van der Waals surface area contributed by atoms with Crippen LogP contribution in [0.25, 0.3) is 5.69 Å². The summed E-state index contributed by atoms with van der Waals surface area (Å²) in [6.45, 7) is 1.99. The van der Waals surface area contributed by atoms with E-state index in [1.54, 1.807) is 4.68 Å². The van der Waals surface area contributed by atoms with Crippen LogP contribution < -0.4 is 5.32 Å². The number of hydrogen-bond donors (Lipinski definition) is 1. The topological polar surface area (TPSA) is 72.7 Å². The lowest BCUT2D eigenvalue weighted by molar-refractivity contribution is -0.113. The first-order valence-corrected chi connectivity index (χ1v) is 9.84. The van der Waals surface area contributed by atoms with Crippen LogP contribution in [0.5, 0.6) is 0 Å². The van der Waals surface area contributed by atoms with E-state index < -0.39 is 0 Å². The fourth-order valence-corrected chi connectivity index (χ4v) is 3.96. The van der Waals surface area contributed by atoms with Crippen molar-refractivity contribution < 1.29 is 4.79 Å². The van der Waals surface area contributed by atoms with Crippen molar-refractivity contribution >= 4 is 55.2 Å². The minimum Gasteiger partial charge on any atom is -0.324 e. The second kappa shape index (κ2) is 8.11. The summed E-state index contributed by atoms with van der Waals surface area (Å²) in [5, 5.41) is 15.2. The maximum Gasteiger partial charge on any atom is 0.234 e. The molecular weight excluding hydrogens is 470 g/mol. The fourth-order valence-electron chi connectivity index (χ4n) is 2.13. The maximum atomic E-state index is 12.2. The van der Waals surface area contributed by atoms with E-state index in [0.29, 0.717) is 10.8 Å². The minimum absolute atomic E-state index is 0.132. The van der Waals surface area contributed by atoms with Crippen LogP contribution in [0.15, 0.2) is 56.6 Å². The minimum atomic E-state index is -0.132. The molecule has 0 radical (unpaired) electrons. The molecule has 0 bridgehead atoms. The molecule has 0 atom stereocenters. The van der Waals surface area contributed by atoms with Gasteiger partial charge in [0.25, 0.3) is 0 Å². The molecule has 0 spiro atoms. The Morgan fingerprint density at radius 3 is 2.80 bits per heavy atom. The summed E-state index contributed by atoms with van der Waals surface area (Å²) in [5.74, 6) is 0.0711. The number of nitrogens with one attached hydrogen (secondary N) is 1. The highest BCUT2D eigenvalue weighted by molar-refractivity contribution is 9.11. The lowest BCUT2D eigenvalue weighted by atomic mass is 10.2. The average Bonchev–Trinajstić information content (AvgIpc) is 3.04. The molecule has 6 nitrogen and oxygen atoms in total. The molecule has 128 valence electrons. The Labute approximate surface area is 165 Å². The number of para-hydroxylation sites is 1. The number of aryl methyl sites for hydroxylation is 1. The SMILES string of the molecule is Cc1ccccc1-n1nnnc1SCC(=O)Nc1ccc(Br)cc1Br. The van der Waals surface area contributed by atoms with Gasteiger partial charge in [-0.05, 0) is 63.1 Å². The molecule has 1 aromatic heterocycles. The predicted molar refractivity (Wildman–Crippen MR) is 105 cm³/mol. The molecule has 0 aliphatic rings. The summed E-state index contributed by atoms with van der Waals surface area (Å²) in [6.07, 6.45) is 0. The van der Waals surface area contributed by atoms with Crippen LogP contribution in [0, 0.1) is 6.92 Å². The van der Waals surface area contributed by atoms with Crippen molar-refractivity contribution in [2.75, 3.05) is 11.1 Å². The van der Waals surface area contributed by atoms with Crippen molar-refractivity contribution in [3.05, 3.63) is 57.0 Å². The smallest absolute Gasteiger partial charge is 0.234 e. The molecule has 25 heavy (non-hydrogen) atoms. The average molecular weight is 483 g/mol. The van der Waals surface area contributed by atoms with Gasteiger partial charge in [-0.3, -0.25) is 4.79 Å². The molecule has 0 fully saturated rings. The predicted octanol–water partition coefficient (Wildman–Crippen LogP) is 4.23. The van der Waals surface area contributed by atoms with E-state index in [1.807, 2.05) is 49.4 Å². The number of tetrazole rings is 1. The molecule has 0 aliphatic carbocycles. The summed E-state index contributed by atoms with van der Waals surface area (Å²) in [5.41, 5.74) is 2.67. The van der Waals surface area contributed by atoms with Gasteiger partial charge in [0.1, 0.15) is 0 Å². The number of amides is 1. The van der Waals surface area contributed by atoms with Crippen LogP contribution in [0.2, 0.25) is 0 Å². The van der Waals surface area contributed by atoms with Crippen LogP contribution >= 0.6 is 43.6 Å². The van der Waals surface area contributed by atoms with Crippen molar-refractivity contribution in [3.8, 4) is 5.69 Å². The summed E-state index contributed by atoms with van der Waals surface area (Å²) in [6, 6.07) is 13.4. The number of halogens is 2. The van der Waals surface area contributed by atoms with E-state index in [2.05, 4.69) is 52.7 Å². The molecule has 2 aromatic carbocycles. The highest BCUT2D eigenvalue weighted by Gasteiger charge is 2.13. The first-order chi connectivity index (χ1) is 12.0. The van der Waals surface area contributed by atoms with Gasteiger partial charge >= 0.3 is 0 Å². The van der Waals surface area contributed by atoms with Crippen LogP contribution in [0.1, 0.15) is 5.56 Å². The van der Waals surface area contributed by atoms with Crippen molar-refractivity contribution in [2.45, 2.75) is 12.1 Å². The molecule has 0 saturated heterocycles. The Kier molecular flexibility index (Phi) is 5.87. The quantitative estimate of drug-likeness (QED) is 0.551. The highest BCUT2D eigenvalue weighted by Crippen LogP contribution is 2.27. The molecule has 9 heteroatoms. The Morgan fingerprint density at radius 1 is 1.24 bits per heavy atom. The number of hydrogen-bond acceptors (Lipinski definition) is 5. The van der Waals surface area contributed by atoms with Crippen molar-refractivity contribution in [3.63, 3.8) is 0 Å². The zero-order chi connectivity index (χ0) is 17.8. The van der Waals surface area contributed by atoms with E-state index in [4.69, 9.17) is 0 Å². The van der Waals surface area contributed by atoms with Gasteiger partial charge in [0, 0.05) is 8.95 Å². The molecule has 0 aliphatic heterocycles. The third kappa shape index (κ3) is 4.47. The number of aromatic nitrogens is 4. The van der Waals surface area contributed by atoms with Gasteiger partial charge in [0.15, 0.2) is 0 Å². The van der Waals surface area contributed by atoms with Crippen LogP contribution in [-0.2, 0) is 4.79 Å². The normalized spacial score (nSPS) is 10.7. The summed E-state index contributed by atoms with van der Waals surface area (Å²) < 4.78 is 3.39. The first-order valence-electron chi connectivity index (χ1n) is 7.26. The van der Waals surface area contributed by atoms with Gasteiger partial charge in [0.05, 0.1) is 17.1 Å². The number of benzene rings is 2. The zero-order valence-electron chi connectivity index (χ0n) is 13.1. The van der Waals surface area contributed by atoms with Gasteiger partial charge in [-0.1, -0.05) is 45.9 Å². The van der Waals surface area contributed by atoms with Crippen molar-refractivity contribution in [2.24, 2.45) is 0 Å². The van der Waals surface area contributed by atoms with Crippen molar-refractivity contribution in [1.29, 1.82) is 0 Å². The number of carbonyl (C=O) groups excluding carboxylic acids is 1. The fraction of sp³-hybridized carbons (Fsp3) is 0.125. The number of anilines is 1. The monoisotopic (exact) mass is 481 g/mol. The number of rotatable bonds is 5. The van der Waals surface area contributed by atoms with E-state index in [1.165, 1.54) is 11.8 Å². The zero-order valence-corrected chi connectivity index (χ0v) is 17.1. The largest absolute Gasteiger partial charge is 0.324 e. The molecule has 1 amide bonds. The molecule has 0 unspecified atom stereocenters. The second-order valence-corrected chi connectivity index (χ2v) is 7.83. The van der Waals surface area contributed by atoms with Gasteiger partial charge in [-0.15, -0.1) is 5.10 Å². The number of carbonyl (C=O) groups is 1. The lowest BCUT2D eigenvalue weighted by Gasteiger charge is -2.08. The van der Waals surface area contributed by atoms with Crippen LogP contribution in [0.3, 0.4) is 0 Å². The molecule has 3 rings (SSSR count). The number of thioether (sulfide) groups is 1. The maximum absolute atomic E-state index is 12.2. The Balaban J connectivity index is 1.67. The first kappa shape index (κ1) is 18.1. The van der Waals surface area contributed by atoms with Gasteiger partial charge in [0.2, 0.25) is 11.1 Å². The summed E-state index contributed by atoms with van der Waals surface area (Å²) >= 11 is 8.10. The van der Waals surface area contributed by atoms with Crippen LogP contribution in [-0.4, -0.2) is 31.9 Å². The van der Waals surface area contributed by atoms with E-state index in [0.717, 1.165) is 20.2 Å². The third-order valence-electron chi connectivity index (χ3n) is 3.32. The Morgan fingerprint density at radius 2 is 2.04 bits per heavy atom. The molecule has 1 N–H and O–H groups in total. The third-order valence-corrected chi connectivity index (χ3v) is 5.39. The van der Waals surface area contributed by atoms with Crippen molar-refractivity contribution in [1.82, 2.24) is 20.2 Å². The molecule has 1 heterocycles. The van der Waals surface area contributed by atoms with Crippen LogP contribution in [0.4, 0.5) is 5.69 Å². The number of nitrogens with zero attached hydrogens (tertiary/aromatic N) is 4. The highest BCUT2D eigenvalue weighted by atomic mass is 79.9. The summed E-state index contributed by atoms with van der Waals surface area (Å²) in [7, 11) is 0. The van der Waals surface area contributed by atoms with E-state index in [9.17, 15) is 4.79 Å². The van der Waals surface area contributed by atoms with E-state index >= 15 is 0 Å². The Hall–Kier alpha value is -1.71. The van der Waals surface area contributed by atoms with Gasteiger partial charge < -0.3 is 5.32 Å². The standard InChI is InChI=1S/C16H13Br2N5OS/c1-10-4-2-3-5-14(10)23-16(20-21-22-23)25-9-15(24)19-13-7-6-11(17)8-12(13)18/h2-8H,9H2,1H3,(H,19,24). The lowest BCUT2D eigenvalue weighted by Crippen LogP contribution is -2.15. The molecular formula is C16H13Br2N5OS. The second-order valence-electron chi connectivity index (χ2n) is 5.12. The summed E-state index contributed by atoms with van der Waals surface area (Å²) in [4.78, 5) is 12.2. The molecule has 3 aromatic rings. The van der Waals surface area contributed by atoms with Gasteiger partial charge in [-0.25, -0.2) is 0 Å². The Bertz CT molecular complexity index is 915.